The molecule has 0 unspecified atom stereocenters. The number of aromatic hydroxyl groups is 1. The molecule has 1 aliphatic rings. The van der Waals surface area contributed by atoms with Gasteiger partial charge in [-0.1, -0.05) is 13.8 Å². The summed E-state index contributed by atoms with van der Waals surface area (Å²) >= 11 is 0. The minimum atomic E-state index is -0.213. The molecule has 1 amide bonds. The van der Waals surface area contributed by atoms with Gasteiger partial charge >= 0.3 is 0 Å². The third-order valence-corrected chi connectivity index (χ3v) is 4.12. The van der Waals surface area contributed by atoms with Gasteiger partial charge in [0.05, 0.1) is 12.7 Å². The predicted molar refractivity (Wildman–Crippen MR) is 78.2 cm³/mol. The average Bonchev–Trinajstić information content (AvgIpc) is 2.40. The lowest BCUT2D eigenvalue weighted by atomic mass is 9.75. The summed E-state index contributed by atoms with van der Waals surface area (Å²) in [6, 6.07) is 4.94. The first-order valence-corrected chi connectivity index (χ1v) is 7.09. The van der Waals surface area contributed by atoms with E-state index in [9.17, 15) is 9.90 Å². The van der Waals surface area contributed by atoms with Gasteiger partial charge in [-0.05, 0) is 43.2 Å². The average molecular weight is 277 g/mol. The van der Waals surface area contributed by atoms with Crippen molar-refractivity contribution in [3.63, 3.8) is 0 Å². The van der Waals surface area contributed by atoms with Gasteiger partial charge in [0, 0.05) is 12.1 Å². The normalized spacial score (nSPS) is 18.6. The molecule has 0 aromatic heterocycles. The van der Waals surface area contributed by atoms with Crippen molar-refractivity contribution in [2.75, 3.05) is 7.11 Å². The molecular formula is C16H23NO3. The Morgan fingerprint density at radius 3 is 2.55 bits per heavy atom. The number of carbonyl (C=O) groups excluding carboxylic acids is 1. The minimum absolute atomic E-state index is 0.0435. The molecule has 1 aliphatic carbocycles. The number of amides is 1. The highest BCUT2D eigenvalue weighted by Gasteiger charge is 2.28. The smallest absolute Gasteiger partial charge is 0.255 e. The summed E-state index contributed by atoms with van der Waals surface area (Å²) in [6.07, 6.45) is 4.23. The third kappa shape index (κ3) is 3.44. The van der Waals surface area contributed by atoms with Gasteiger partial charge in [0.2, 0.25) is 0 Å². The maximum atomic E-state index is 12.2. The van der Waals surface area contributed by atoms with Crippen LogP contribution < -0.4 is 10.1 Å². The molecule has 0 radical (unpaired) electrons. The molecule has 0 heterocycles. The lowest BCUT2D eigenvalue weighted by molar-refractivity contribution is 0.0906. The molecule has 0 aliphatic heterocycles. The van der Waals surface area contributed by atoms with Crippen LogP contribution in [0.15, 0.2) is 18.2 Å². The summed E-state index contributed by atoms with van der Waals surface area (Å²) < 4.78 is 5.01. The number of hydrogen-bond acceptors (Lipinski definition) is 3. The first-order chi connectivity index (χ1) is 9.41. The number of rotatable bonds is 3. The van der Waals surface area contributed by atoms with Crippen LogP contribution in [0.5, 0.6) is 11.5 Å². The fraction of sp³-hybridized carbons (Fsp3) is 0.562. The van der Waals surface area contributed by atoms with Gasteiger partial charge in [0.25, 0.3) is 5.91 Å². The number of benzene rings is 1. The Kier molecular flexibility index (Phi) is 4.21. The van der Waals surface area contributed by atoms with Crippen LogP contribution in [0.4, 0.5) is 0 Å². The molecule has 1 aromatic carbocycles. The summed E-state index contributed by atoms with van der Waals surface area (Å²) in [5, 5.41) is 12.9. The fourth-order valence-corrected chi connectivity index (χ4v) is 2.64. The van der Waals surface area contributed by atoms with Crippen LogP contribution in [-0.2, 0) is 0 Å². The maximum absolute atomic E-state index is 12.2. The first kappa shape index (κ1) is 14.7. The molecule has 0 saturated heterocycles. The Balaban J connectivity index is 1.99. The van der Waals surface area contributed by atoms with Crippen LogP contribution >= 0.6 is 0 Å². The van der Waals surface area contributed by atoms with Crippen molar-refractivity contribution in [1.82, 2.24) is 5.32 Å². The van der Waals surface area contributed by atoms with Gasteiger partial charge in [0.15, 0.2) is 0 Å². The van der Waals surface area contributed by atoms with Gasteiger partial charge in [-0.3, -0.25) is 4.79 Å². The number of phenols is 1. The van der Waals surface area contributed by atoms with E-state index in [2.05, 4.69) is 19.2 Å². The summed E-state index contributed by atoms with van der Waals surface area (Å²) in [7, 11) is 1.53. The minimum Gasteiger partial charge on any atom is -0.507 e. The zero-order chi connectivity index (χ0) is 14.8. The molecule has 0 bridgehead atoms. The third-order valence-electron chi connectivity index (χ3n) is 4.12. The highest BCUT2D eigenvalue weighted by atomic mass is 16.5. The van der Waals surface area contributed by atoms with E-state index in [1.807, 2.05) is 0 Å². The Labute approximate surface area is 120 Å². The van der Waals surface area contributed by atoms with Crippen LogP contribution in [-0.4, -0.2) is 24.2 Å². The van der Waals surface area contributed by atoms with E-state index in [-0.39, 0.29) is 17.7 Å². The summed E-state index contributed by atoms with van der Waals surface area (Å²) in [5.41, 5.74) is 0.680. The van der Waals surface area contributed by atoms with E-state index in [4.69, 9.17) is 4.74 Å². The molecule has 1 fully saturated rings. The Morgan fingerprint density at radius 1 is 1.35 bits per heavy atom. The summed E-state index contributed by atoms with van der Waals surface area (Å²) in [5.74, 6) is 0.284. The van der Waals surface area contributed by atoms with Gasteiger partial charge in [0.1, 0.15) is 11.5 Å². The van der Waals surface area contributed by atoms with Gasteiger partial charge in [-0.2, -0.15) is 0 Å². The SMILES string of the molecule is COc1ccc(C(=O)NC2CCC(C)(C)CC2)c(O)c1. The zero-order valence-electron chi connectivity index (χ0n) is 12.4. The van der Waals surface area contributed by atoms with Crippen LogP contribution in [0.3, 0.4) is 0 Å². The van der Waals surface area contributed by atoms with Gasteiger partial charge in [-0.25, -0.2) is 0 Å². The van der Waals surface area contributed by atoms with Crippen molar-refractivity contribution in [2.24, 2.45) is 5.41 Å². The molecule has 2 N–H and O–H groups in total. The van der Waals surface area contributed by atoms with E-state index in [1.54, 1.807) is 12.1 Å². The Morgan fingerprint density at radius 2 is 2.00 bits per heavy atom. The fourth-order valence-electron chi connectivity index (χ4n) is 2.64. The molecule has 2 rings (SSSR count). The van der Waals surface area contributed by atoms with Gasteiger partial charge < -0.3 is 15.2 Å². The molecule has 4 heteroatoms. The molecule has 1 aromatic rings. The van der Waals surface area contributed by atoms with E-state index >= 15 is 0 Å². The topological polar surface area (TPSA) is 58.6 Å². The second-order valence-corrected chi connectivity index (χ2v) is 6.30. The molecule has 0 atom stereocenters. The van der Waals surface area contributed by atoms with E-state index < -0.39 is 0 Å². The van der Waals surface area contributed by atoms with Crippen LogP contribution in [0.2, 0.25) is 0 Å². The number of carbonyl (C=O) groups is 1. The van der Waals surface area contributed by atoms with Crippen molar-refractivity contribution < 1.29 is 14.6 Å². The van der Waals surface area contributed by atoms with Crippen LogP contribution in [0, 0.1) is 5.41 Å². The molecule has 4 nitrogen and oxygen atoms in total. The Bertz CT molecular complexity index is 486. The van der Waals surface area contributed by atoms with E-state index in [1.165, 1.54) is 13.2 Å². The first-order valence-electron chi connectivity index (χ1n) is 7.09. The predicted octanol–water partition coefficient (Wildman–Crippen LogP) is 3.10. The summed E-state index contributed by atoms with van der Waals surface area (Å²) in [6.45, 7) is 4.53. The monoisotopic (exact) mass is 277 g/mol. The van der Waals surface area contributed by atoms with Gasteiger partial charge in [-0.15, -0.1) is 0 Å². The molecule has 110 valence electrons. The molecule has 20 heavy (non-hydrogen) atoms. The summed E-state index contributed by atoms with van der Waals surface area (Å²) in [4.78, 5) is 12.2. The lowest BCUT2D eigenvalue weighted by Gasteiger charge is -2.34. The van der Waals surface area contributed by atoms with Crippen LogP contribution in [0.25, 0.3) is 0 Å². The highest BCUT2D eigenvalue weighted by molar-refractivity contribution is 5.97. The number of phenolic OH excluding ortho intramolecular Hbond substituents is 1. The number of nitrogens with one attached hydrogen (secondary N) is 1. The maximum Gasteiger partial charge on any atom is 0.255 e. The molecule has 1 saturated carbocycles. The molecule has 0 spiro atoms. The quantitative estimate of drug-likeness (QED) is 0.892. The second-order valence-electron chi connectivity index (χ2n) is 6.30. The number of methoxy groups -OCH3 is 1. The van der Waals surface area contributed by atoms with Crippen molar-refractivity contribution in [1.29, 1.82) is 0 Å². The second kappa shape index (κ2) is 5.73. The molecular weight excluding hydrogens is 254 g/mol. The van der Waals surface area contributed by atoms with Crippen molar-refractivity contribution in [2.45, 2.75) is 45.6 Å². The van der Waals surface area contributed by atoms with Crippen molar-refractivity contribution >= 4 is 5.91 Å². The van der Waals surface area contributed by atoms with Crippen LogP contribution in [0.1, 0.15) is 49.9 Å². The Hall–Kier alpha value is -1.71. The van der Waals surface area contributed by atoms with E-state index in [0.29, 0.717) is 16.7 Å². The zero-order valence-corrected chi connectivity index (χ0v) is 12.4. The number of ether oxygens (including phenoxy) is 1. The number of hydrogen-bond donors (Lipinski definition) is 2. The highest BCUT2D eigenvalue weighted by Crippen LogP contribution is 2.35. The van der Waals surface area contributed by atoms with Crippen molar-refractivity contribution in [3.05, 3.63) is 23.8 Å². The van der Waals surface area contributed by atoms with E-state index in [0.717, 1.165) is 25.7 Å². The van der Waals surface area contributed by atoms with Crippen molar-refractivity contribution in [3.8, 4) is 11.5 Å². The standard InChI is InChI=1S/C16H23NO3/c1-16(2)8-6-11(7-9-16)17-15(19)13-5-4-12(20-3)10-14(13)18/h4-5,10-11,18H,6-9H2,1-3H3,(H,17,19). The lowest BCUT2D eigenvalue weighted by Crippen LogP contribution is -2.39. The largest absolute Gasteiger partial charge is 0.507 e.